The van der Waals surface area contributed by atoms with Gasteiger partial charge in [-0.2, -0.15) is 5.26 Å². The molecule has 2 fully saturated rings. The fourth-order valence-corrected chi connectivity index (χ4v) is 6.58. The third-order valence-electron chi connectivity index (χ3n) is 8.04. The van der Waals surface area contributed by atoms with Gasteiger partial charge in [0.25, 0.3) is 0 Å². The van der Waals surface area contributed by atoms with E-state index in [1.165, 1.54) is 19.3 Å². The Morgan fingerprint density at radius 3 is 2.71 bits per heavy atom. The van der Waals surface area contributed by atoms with E-state index in [9.17, 15) is 15.2 Å². The van der Waals surface area contributed by atoms with Gasteiger partial charge in [-0.15, -0.1) is 0 Å². The summed E-state index contributed by atoms with van der Waals surface area (Å²) >= 11 is 6.91. The minimum atomic E-state index is -0.720. The summed E-state index contributed by atoms with van der Waals surface area (Å²) in [4.78, 5) is 16.1. The number of anilines is 1. The van der Waals surface area contributed by atoms with Crippen molar-refractivity contribution in [2.24, 2.45) is 5.92 Å². The lowest BCUT2D eigenvalue weighted by Crippen LogP contribution is -2.29. The van der Waals surface area contributed by atoms with E-state index < -0.39 is 5.97 Å². The Labute approximate surface area is 209 Å². The predicted molar refractivity (Wildman–Crippen MR) is 136 cm³/mol. The first kappa shape index (κ1) is 22.5. The number of fused-ring (bicyclic) bond motifs is 2. The molecule has 0 unspecified atom stereocenters. The van der Waals surface area contributed by atoms with Crippen LogP contribution in [0, 0.1) is 17.2 Å². The van der Waals surface area contributed by atoms with E-state index in [1.54, 1.807) is 0 Å². The van der Waals surface area contributed by atoms with Crippen molar-refractivity contribution in [3.8, 4) is 17.4 Å². The summed E-state index contributed by atoms with van der Waals surface area (Å²) in [6.45, 7) is 3.36. The highest BCUT2D eigenvalue weighted by Gasteiger charge is 2.37. The Bertz CT molecular complexity index is 1350. The number of furan rings is 1. The standard InChI is InChI=1S/C28H28ClN3O3/c29-26-20(5-4-6-24(26)31-10-2-1-3-11-31)25-14-18-13-21-19(22(15-30)27(18)35-25)7-8-23(21)32-12-9-17(16-32)28(33)34/h4-6,13-14,17,23H,1-3,7-12,16H2,(H,33,34)/t17-,23-/m1/s1. The molecule has 3 aromatic rings. The van der Waals surface area contributed by atoms with Gasteiger partial charge in [0, 0.05) is 36.6 Å². The lowest BCUT2D eigenvalue weighted by atomic mass is 9.99. The first-order chi connectivity index (χ1) is 17.0. The highest BCUT2D eigenvalue weighted by Crippen LogP contribution is 2.45. The van der Waals surface area contributed by atoms with Crippen molar-refractivity contribution in [3.05, 3.63) is 52.0 Å². The van der Waals surface area contributed by atoms with Gasteiger partial charge in [0.05, 0.1) is 22.2 Å². The molecular formula is C28H28ClN3O3. The van der Waals surface area contributed by atoms with E-state index in [2.05, 4.69) is 28.0 Å². The molecule has 6 rings (SSSR count). The number of halogens is 1. The Balaban J connectivity index is 1.39. The Morgan fingerprint density at radius 1 is 1.14 bits per heavy atom. The number of carboxylic acid groups (broad SMARTS) is 1. The minimum Gasteiger partial charge on any atom is -0.481 e. The number of aliphatic carboxylic acids is 1. The van der Waals surface area contributed by atoms with Crippen LogP contribution in [-0.2, 0) is 11.2 Å². The second-order valence-electron chi connectivity index (χ2n) is 10.0. The molecule has 6 nitrogen and oxygen atoms in total. The van der Waals surface area contributed by atoms with Gasteiger partial charge in [0.2, 0.25) is 0 Å². The molecule has 180 valence electrons. The number of hydrogen-bond acceptors (Lipinski definition) is 5. The van der Waals surface area contributed by atoms with Crippen LogP contribution in [0.4, 0.5) is 5.69 Å². The molecule has 2 atom stereocenters. The Kier molecular flexibility index (Phi) is 5.70. The average Bonchev–Trinajstić information content (AvgIpc) is 3.61. The molecule has 7 heteroatoms. The third-order valence-corrected chi connectivity index (χ3v) is 8.44. The zero-order valence-electron chi connectivity index (χ0n) is 19.6. The van der Waals surface area contributed by atoms with Gasteiger partial charge >= 0.3 is 5.97 Å². The maximum absolute atomic E-state index is 11.5. The predicted octanol–water partition coefficient (Wildman–Crippen LogP) is 6.01. The number of carbonyl (C=O) groups is 1. The summed E-state index contributed by atoms with van der Waals surface area (Å²) in [6.07, 6.45) is 5.99. The van der Waals surface area contributed by atoms with Gasteiger partial charge in [0.1, 0.15) is 11.8 Å². The summed E-state index contributed by atoms with van der Waals surface area (Å²) < 4.78 is 6.32. The van der Waals surface area contributed by atoms with E-state index in [-0.39, 0.29) is 12.0 Å². The van der Waals surface area contributed by atoms with Crippen LogP contribution < -0.4 is 4.90 Å². The maximum atomic E-state index is 11.5. The second kappa shape index (κ2) is 8.89. The summed E-state index contributed by atoms with van der Waals surface area (Å²) in [5.74, 6) is -0.359. The largest absolute Gasteiger partial charge is 0.481 e. The van der Waals surface area contributed by atoms with Crippen molar-refractivity contribution in [1.29, 1.82) is 5.26 Å². The van der Waals surface area contributed by atoms with Gasteiger partial charge in [-0.1, -0.05) is 17.7 Å². The first-order valence-corrected chi connectivity index (χ1v) is 12.9. The molecule has 35 heavy (non-hydrogen) atoms. The topological polar surface area (TPSA) is 80.7 Å². The van der Waals surface area contributed by atoms with Crippen molar-refractivity contribution in [2.75, 3.05) is 31.1 Å². The van der Waals surface area contributed by atoms with E-state index in [4.69, 9.17) is 16.0 Å². The number of benzene rings is 2. The monoisotopic (exact) mass is 489 g/mol. The van der Waals surface area contributed by atoms with Crippen LogP contribution in [0.5, 0.6) is 0 Å². The number of piperidine rings is 1. The number of rotatable bonds is 4. The van der Waals surface area contributed by atoms with Crippen LogP contribution in [0.15, 0.2) is 34.7 Å². The molecule has 0 radical (unpaired) electrons. The number of nitriles is 1. The molecule has 1 N–H and O–H groups in total. The molecule has 1 aromatic heterocycles. The second-order valence-corrected chi connectivity index (χ2v) is 10.4. The van der Waals surface area contributed by atoms with E-state index in [1.807, 2.05) is 18.2 Å². The Hall–Kier alpha value is -3.01. The SMILES string of the molecule is N#Cc1c2c(cc3cc(-c4cccc(N5CCCCC5)c4Cl)oc13)[C@H](N1CC[C@@H](C(=O)O)C1)CC2. The molecule has 2 aromatic carbocycles. The molecule has 0 spiro atoms. The molecule has 0 saturated carbocycles. The summed E-state index contributed by atoms with van der Waals surface area (Å²) in [7, 11) is 0. The zero-order chi connectivity index (χ0) is 24.1. The lowest BCUT2D eigenvalue weighted by molar-refractivity contribution is -0.141. The molecule has 1 aliphatic carbocycles. The normalized spacial score (nSPS) is 22.5. The van der Waals surface area contributed by atoms with Crippen LogP contribution in [0.2, 0.25) is 5.02 Å². The van der Waals surface area contributed by atoms with Crippen LogP contribution >= 0.6 is 11.6 Å². The highest BCUT2D eigenvalue weighted by molar-refractivity contribution is 6.36. The van der Waals surface area contributed by atoms with Crippen LogP contribution in [0.3, 0.4) is 0 Å². The van der Waals surface area contributed by atoms with E-state index in [0.29, 0.717) is 34.9 Å². The number of carboxylic acids is 1. The molecule has 0 amide bonds. The smallest absolute Gasteiger partial charge is 0.307 e. The molecule has 0 bridgehead atoms. The van der Waals surface area contributed by atoms with E-state index >= 15 is 0 Å². The quantitative estimate of drug-likeness (QED) is 0.483. The van der Waals surface area contributed by atoms with Gasteiger partial charge in [-0.25, -0.2) is 0 Å². The van der Waals surface area contributed by atoms with Crippen molar-refractivity contribution in [1.82, 2.24) is 4.90 Å². The highest BCUT2D eigenvalue weighted by atomic mass is 35.5. The van der Waals surface area contributed by atoms with Crippen molar-refractivity contribution >= 4 is 34.2 Å². The maximum Gasteiger partial charge on any atom is 0.307 e. The van der Waals surface area contributed by atoms with Crippen LogP contribution in [0.1, 0.15) is 54.8 Å². The molecule has 3 aliphatic rings. The van der Waals surface area contributed by atoms with E-state index in [0.717, 1.165) is 60.2 Å². The number of likely N-dealkylation sites (tertiary alicyclic amines) is 1. The van der Waals surface area contributed by atoms with Crippen molar-refractivity contribution in [2.45, 2.75) is 44.6 Å². The number of hydrogen-bond donors (Lipinski definition) is 1. The molecule has 2 aliphatic heterocycles. The minimum absolute atomic E-state index is 0.148. The third kappa shape index (κ3) is 3.78. The van der Waals surface area contributed by atoms with Gasteiger partial charge in [-0.05, 0) is 80.5 Å². The van der Waals surface area contributed by atoms with Crippen LogP contribution in [-0.4, -0.2) is 42.2 Å². The number of nitrogens with zero attached hydrogens (tertiary/aromatic N) is 3. The molecule has 3 heterocycles. The van der Waals surface area contributed by atoms with Crippen LogP contribution in [0.25, 0.3) is 22.3 Å². The first-order valence-electron chi connectivity index (χ1n) is 12.5. The van der Waals surface area contributed by atoms with Crippen molar-refractivity contribution in [3.63, 3.8) is 0 Å². The fourth-order valence-electron chi connectivity index (χ4n) is 6.24. The summed E-state index contributed by atoms with van der Waals surface area (Å²) in [5.41, 5.74) is 5.28. The average molecular weight is 490 g/mol. The van der Waals surface area contributed by atoms with Gasteiger partial charge in [-0.3, -0.25) is 9.69 Å². The summed E-state index contributed by atoms with van der Waals surface area (Å²) in [5, 5.41) is 21.1. The van der Waals surface area contributed by atoms with Gasteiger partial charge < -0.3 is 14.4 Å². The molecule has 2 saturated heterocycles. The lowest BCUT2D eigenvalue weighted by Gasteiger charge is -2.30. The Morgan fingerprint density at radius 2 is 1.97 bits per heavy atom. The fraction of sp³-hybridized carbons (Fsp3) is 0.429. The van der Waals surface area contributed by atoms with Crippen molar-refractivity contribution < 1.29 is 14.3 Å². The molecular weight excluding hydrogens is 462 g/mol. The van der Waals surface area contributed by atoms with Gasteiger partial charge in [0.15, 0.2) is 5.58 Å². The summed E-state index contributed by atoms with van der Waals surface area (Å²) in [6, 6.07) is 12.8. The zero-order valence-corrected chi connectivity index (χ0v) is 20.4.